The second-order valence-electron chi connectivity index (χ2n) is 9.73. The van der Waals surface area contributed by atoms with Crippen LogP contribution in [-0.2, 0) is 41.6 Å². The molecule has 0 heterocycles. The number of carbonyl (C=O) groups is 4. The average molecular weight is 575 g/mol. The first-order valence-corrected chi connectivity index (χ1v) is 12.7. The molecule has 0 aliphatic rings. The molecule has 13 nitrogen and oxygen atoms in total. The first-order valence-electron chi connectivity index (χ1n) is 12.7. The summed E-state index contributed by atoms with van der Waals surface area (Å²) in [5.74, 6) is -2.93. The van der Waals surface area contributed by atoms with Gasteiger partial charge in [0.25, 0.3) is 5.69 Å². The van der Waals surface area contributed by atoms with E-state index in [0.29, 0.717) is 0 Å². The van der Waals surface area contributed by atoms with Crippen LogP contribution in [0, 0.1) is 10.1 Å². The first kappa shape index (κ1) is 32.5. The van der Waals surface area contributed by atoms with Gasteiger partial charge in [0, 0.05) is 19.4 Å². The summed E-state index contributed by atoms with van der Waals surface area (Å²) in [4.78, 5) is 61.5. The zero-order valence-corrected chi connectivity index (χ0v) is 23.8. The molecule has 0 atom stereocenters. The lowest BCUT2D eigenvalue weighted by Crippen LogP contribution is -2.62. The molecule has 0 aliphatic heterocycles. The predicted octanol–water partition coefficient (Wildman–Crippen LogP) is 4.03. The largest absolute Gasteiger partial charge is 0.514 e. The minimum absolute atomic E-state index is 0.00940. The lowest BCUT2D eigenvalue weighted by atomic mass is 9.90. The molecule has 13 heteroatoms. The van der Waals surface area contributed by atoms with E-state index in [1.165, 1.54) is 50.2 Å². The number of nitrogens with one attached hydrogen (secondary N) is 1. The van der Waals surface area contributed by atoms with Crippen molar-refractivity contribution in [1.29, 1.82) is 0 Å². The summed E-state index contributed by atoms with van der Waals surface area (Å²) in [6, 6.07) is 10.1. The number of ether oxygens (including phenoxy) is 5. The van der Waals surface area contributed by atoms with Crippen LogP contribution in [0.4, 0.5) is 10.5 Å². The quantitative estimate of drug-likeness (QED) is 0.0969. The lowest BCUT2D eigenvalue weighted by molar-refractivity contribution is -0.385. The molecule has 2 rings (SSSR count). The third-order valence-electron chi connectivity index (χ3n) is 5.27. The second kappa shape index (κ2) is 14.1. The van der Waals surface area contributed by atoms with Gasteiger partial charge in [-0.1, -0.05) is 18.2 Å². The summed E-state index contributed by atoms with van der Waals surface area (Å²) in [7, 11) is 0. The fourth-order valence-electron chi connectivity index (χ4n) is 3.68. The molecule has 1 amide bonds. The van der Waals surface area contributed by atoms with Crippen molar-refractivity contribution >= 4 is 29.7 Å². The number of amides is 1. The van der Waals surface area contributed by atoms with Crippen molar-refractivity contribution in [1.82, 2.24) is 5.32 Å². The number of hydrogen-bond donors (Lipinski definition) is 1. The number of esters is 2. The number of nitrogens with zero attached hydrogens (tertiary/aromatic N) is 1. The van der Waals surface area contributed by atoms with Gasteiger partial charge in [0.1, 0.15) is 12.2 Å². The molecule has 2 aromatic carbocycles. The van der Waals surface area contributed by atoms with Crippen molar-refractivity contribution in [3.05, 3.63) is 63.7 Å². The number of hydrogen-bond acceptors (Lipinski definition) is 11. The van der Waals surface area contributed by atoms with Crippen LogP contribution in [0.1, 0.15) is 52.7 Å². The van der Waals surface area contributed by atoms with E-state index in [0.717, 1.165) is 6.92 Å². The van der Waals surface area contributed by atoms with E-state index < -0.39 is 46.5 Å². The molecule has 0 fully saturated rings. The van der Waals surface area contributed by atoms with E-state index in [1.54, 1.807) is 26.8 Å². The van der Waals surface area contributed by atoms with Gasteiger partial charge in [-0.3, -0.25) is 14.9 Å². The molecule has 0 saturated carbocycles. The molecular weight excluding hydrogens is 540 g/mol. The van der Waals surface area contributed by atoms with Crippen molar-refractivity contribution in [3.8, 4) is 11.5 Å². The first-order chi connectivity index (χ1) is 19.2. The maximum atomic E-state index is 13.0. The third-order valence-corrected chi connectivity index (χ3v) is 5.27. The van der Waals surface area contributed by atoms with E-state index in [-0.39, 0.29) is 48.1 Å². The van der Waals surface area contributed by atoms with Crippen LogP contribution >= 0.6 is 0 Å². The molecule has 0 aliphatic carbocycles. The number of nitro benzene ring substituents is 1. The third kappa shape index (κ3) is 9.19. The van der Waals surface area contributed by atoms with Gasteiger partial charge in [0.05, 0.1) is 23.7 Å². The normalized spacial score (nSPS) is 11.2. The highest BCUT2D eigenvalue weighted by atomic mass is 16.7. The molecule has 0 saturated heterocycles. The Morgan fingerprint density at radius 1 is 0.927 bits per heavy atom. The molecule has 2 aromatic rings. The Hall–Kier alpha value is -4.68. The fraction of sp³-hybridized carbons (Fsp3) is 0.429. The number of para-hydroxylation sites is 1. The van der Waals surface area contributed by atoms with E-state index in [1.807, 2.05) is 0 Å². The molecule has 0 spiro atoms. The minimum Gasteiger partial charge on any atom is -0.485 e. The molecule has 0 unspecified atom stereocenters. The number of nitro groups is 1. The van der Waals surface area contributed by atoms with Crippen LogP contribution in [0.3, 0.4) is 0 Å². The van der Waals surface area contributed by atoms with Crippen molar-refractivity contribution in [3.63, 3.8) is 0 Å². The Labute approximate surface area is 237 Å². The van der Waals surface area contributed by atoms with Gasteiger partial charge in [-0.05, 0) is 58.4 Å². The van der Waals surface area contributed by atoms with Crippen LogP contribution in [0.2, 0.25) is 0 Å². The zero-order chi connectivity index (χ0) is 30.8. The predicted molar refractivity (Wildman–Crippen MR) is 144 cm³/mol. The van der Waals surface area contributed by atoms with Gasteiger partial charge < -0.3 is 29.0 Å². The minimum atomic E-state index is -2.24. The molecule has 41 heavy (non-hydrogen) atoms. The van der Waals surface area contributed by atoms with Gasteiger partial charge in [-0.15, -0.1) is 0 Å². The van der Waals surface area contributed by atoms with Crippen LogP contribution in [0.15, 0.2) is 42.5 Å². The highest BCUT2D eigenvalue weighted by molar-refractivity contribution is 6.08. The van der Waals surface area contributed by atoms with Crippen molar-refractivity contribution < 1.29 is 47.8 Å². The lowest BCUT2D eigenvalue weighted by Gasteiger charge is -2.30. The van der Waals surface area contributed by atoms with E-state index in [4.69, 9.17) is 23.7 Å². The molecule has 0 aromatic heterocycles. The maximum Gasteiger partial charge on any atom is 0.514 e. The summed E-state index contributed by atoms with van der Waals surface area (Å²) in [5.41, 5.74) is -2.79. The van der Waals surface area contributed by atoms with Crippen molar-refractivity contribution in [2.75, 3.05) is 13.2 Å². The number of benzene rings is 2. The Morgan fingerprint density at radius 2 is 1.54 bits per heavy atom. The van der Waals surface area contributed by atoms with Crippen LogP contribution in [0.25, 0.3) is 0 Å². The van der Waals surface area contributed by atoms with Gasteiger partial charge in [-0.25, -0.2) is 14.4 Å². The summed E-state index contributed by atoms with van der Waals surface area (Å²) in [6.07, 6.45) is -1.51. The Balaban J connectivity index is 2.55. The average Bonchev–Trinajstić information content (AvgIpc) is 2.86. The van der Waals surface area contributed by atoms with Gasteiger partial charge in [0.2, 0.25) is 11.4 Å². The molecule has 222 valence electrons. The topological polar surface area (TPSA) is 170 Å². The number of rotatable bonds is 12. The van der Waals surface area contributed by atoms with Crippen LogP contribution in [-0.4, -0.2) is 53.3 Å². The Kier molecular flexibility index (Phi) is 11.2. The highest BCUT2D eigenvalue weighted by Gasteiger charge is 2.50. The van der Waals surface area contributed by atoms with Crippen LogP contribution < -0.4 is 14.8 Å². The van der Waals surface area contributed by atoms with Gasteiger partial charge in [-0.2, -0.15) is 0 Å². The second-order valence-corrected chi connectivity index (χ2v) is 9.73. The van der Waals surface area contributed by atoms with Gasteiger partial charge >= 0.3 is 18.1 Å². The molecule has 0 bridgehead atoms. The van der Waals surface area contributed by atoms with E-state index in [2.05, 4.69) is 5.32 Å². The summed E-state index contributed by atoms with van der Waals surface area (Å²) in [6.45, 7) is 8.71. The van der Waals surface area contributed by atoms with E-state index >= 15 is 0 Å². The highest BCUT2D eigenvalue weighted by Crippen LogP contribution is 2.33. The molecule has 0 radical (unpaired) electrons. The zero-order valence-electron chi connectivity index (χ0n) is 23.8. The summed E-state index contributed by atoms with van der Waals surface area (Å²) < 4.78 is 26.6. The maximum absolute atomic E-state index is 13.0. The van der Waals surface area contributed by atoms with Crippen molar-refractivity contribution in [2.45, 2.75) is 65.7 Å². The SMILES string of the molecule is CCOC(=O)C(Cc1ccc(OCc2ccccc2[N+](=O)[O-])c(OC(=O)OC(C)(C)C)c1)(NC(C)=O)C(=O)OCC. The van der Waals surface area contributed by atoms with Crippen molar-refractivity contribution in [2.24, 2.45) is 0 Å². The molecule has 1 N–H and O–H groups in total. The monoisotopic (exact) mass is 574 g/mol. The smallest absolute Gasteiger partial charge is 0.485 e. The Morgan fingerprint density at radius 3 is 2.07 bits per heavy atom. The van der Waals surface area contributed by atoms with Crippen LogP contribution in [0.5, 0.6) is 11.5 Å². The number of carbonyl (C=O) groups excluding carboxylic acids is 4. The molecular formula is C28H34N2O11. The Bertz CT molecular complexity index is 1270. The summed E-state index contributed by atoms with van der Waals surface area (Å²) >= 11 is 0. The van der Waals surface area contributed by atoms with Gasteiger partial charge in [0.15, 0.2) is 11.5 Å². The fourth-order valence-corrected chi connectivity index (χ4v) is 3.68. The van der Waals surface area contributed by atoms with E-state index in [9.17, 15) is 29.3 Å². The standard InChI is InChI=1S/C28H34N2O11/c1-7-37-24(32)28(29-18(3)31,25(33)38-8-2)16-19-13-14-22(23(15-19)40-26(34)41-27(4,5)6)39-17-20-11-9-10-12-21(20)30(35)36/h9-15H,7-8,16-17H2,1-6H3,(H,29,31). The summed E-state index contributed by atoms with van der Waals surface area (Å²) in [5, 5.41) is 13.8.